The normalized spacial score (nSPS) is 13.4. The van der Waals surface area contributed by atoms with E-state index in [1.54, 1.807) is 33.8 Å². The van der Waals surface area contributed by atoms with Crippen LogP contribution in [0.4, 0.5) is 5.69 Å². The number of nitro groups is 1. The van der Waals surface area contributed by atoms with Crippen molar-refractivity contribution in [1.29, 1.82) is 0 Å². The molecule has 24 heavy (non-hydrogen) atoms. The molecular formula is C17H20N2O5. The first kappa shape index (κ1) is 17.7. The van der Waals surface area contributed by atoms with E-state index < -0.39 is 16.4 Å². The molecule has 0 aliphatic carbocycles. The van der Waals surface area contributed by atoms with Crippen molar-refractivity contribution >= 4 is 11.6 Å². The van der Waals surface area contributed by atoms with Crippen LogP contribution < -0.4 is 5.32 Å². The van der Waals surface area contributed by atoms with Gasteiger partial charge in [-0.3, -0.25) is 14.9 Å². The van der Waals surface area contributed by atoms with Crippen molar-refractivity contribution in [2.24, 2.45) is 0 Å². The van der Waals surface area contributed by atoms with Crippen LogP contribution in [0.25, 0.3) is 0 Å². The minimum Gasteiger partial charge on any atom is -0.466 e. The van der Waals surface area contributed by atoms with Gasteiger partial charge in [-0.1, -0.05) is 0 Å². The Morgan fingerprint density at radius 3 is 2.50 bits per heavy atom. The van der Waals surface area contributed by atoms with E-state index >= 15 is 0 Å². The Bertz CT molecular complexity index is 792. The van der Waals surface area contributed by atoms with Crippen molar-refractivity contribution in [3.05, 3.63) is 62.6 Å². The Balaban J connectivity index is 2.11. The third-order valence-electron chi connectivity index (χ3n) is 3.87. The summed E-state index contributed by atoms with van der Waals surface area (Å²) < 4.78 is 5.41. The molecule has 128 valence electrons. The lowest BCUT2D eigenvalue weighted by Crippen LogP contribution is -2.38. The fourth-order valence-corrected chi connectivity index (χ4v) is 2.62. The number of hydrogen-bond donors (Lipinski definition) is 2. The Morgan fingerprint density at radius 2 is 2.00 bits per heavy atom. The molecule has 1 amide bonds. The summed E-state index contributed by atoms with van der Waals surface area (Å²) in [7, 11) is 0. The van der Waals surface area contributed by atoms with E-state index in [0.29, 0.717) is 28.2 Å². The number of amides is 1. The first-order chi connectivity index (χ1) is 11.1. The second-order valence-electron chi connectivity index (χ2n) is 6.04. The van der Waals surface area contributed by atoms with Crippen LogP contribution in [0.3, 0.4) is 0 Å². The highest BCUT2D eigenvalue weighted by molar-refractivity contribution is 5.94. The molecule has 0 fully saturated rings. The zero-order valence-corrected chi connectivity index (χ0v) is 14.0. The number of furan rings is 1. The predicted molar refractivity (Wildman–Crippen MR) is 87.9 cm³/mol. The molecule has 0 saturated heterocycles. The van der Waals surface area contributed by atoms with Crippen molar-refractivity contribution < 1.29 is 19.2 Å². The minimum absolute atomic E-state index is 0.0122. The van der Waals surface area contributed by atoms with Gasteiger partial charge in [-0.15, -0.1) is 0 Å². The van der Waals surface area contributed by atoms with Crippen LogP contribution in [0.5, 0.6) is 0 Å². The summed E-state index contributed by atoms with van der Waals surface area (Å²) >= 11 is 0. The molecule has 2 rings (SSSR count). The highest BCUT2D eigenvalue weighted by atomic mass is 16.6. The second kappa shape index (κ2) is 6.45. The number of aryl methyl sites for hydroxylation is 3. The van der Waals surface area contributed by atoms with Crippen LogP contribution in [0.1, 0.15) is 39.9 Å². The topological polar surface area (TPSA) is 106 Å². The molecule has 0 aliphatic rings. The van der Waals surface area contributed by atoms with Crippen LogP contribution in [0, 0.1) is 30.9 Å². The van der Waals surface area contributed by atoms with Crippen LogP contribution in [-0.2, 0) is 5.60 Å². The molecule has 1 aromatic carbocycles. The fraction of sp³-hybridized carbons (Fsp3) is 0.353. The average Bonchev–Trinajstić information content (AvgIpc) is 2.84. The van der Waals surface area contributed by atoms with E-state index in [1.807, 2.05) is 0 Å². The van der Waals surface area contributed by atoms with Gasteiger partial charge < -0.3 is 14.8 Å². The third kappa shape index (κ3) is 3.62. The van der Waals surface area contributed by atoms with Gasteiger partial charge in [0.05, 0.1) is 11.5 Å². The van der Waals surface area contributed by atoms with Gasteiger partial charge in [-0.05, 0) is 45.9 Å². The molecule has 2 aromatic rings. The summed E-state index contributed by atoms with van der Waals surface area (Å²) in [5, 5.41) is 24.0. The molecule has 1 aromatic heterocycles. The van der Waals surface area contributed by atoms with E-state index in [0.717, 1.165) is 0 Å². The number of aliphatic hydroxyl groups is 1. The van der Waals surface area contributed by atoms with Gasteiger partial charge in [-0.2, -0.15) is 0 Å². The maximum atomic E-state index is 12.2. The lowest BCUT2D eigenvalue weighted by molar-refractivity contribution is -0.385. The molecule has 1 unspecified atom stereocenters. The highest BCUT2D eigenvalue weighted by Gasteiger charge is 2.28. The number of benzene rings is 1. The van der Waals surface area contributed by atoms with Crippen LogP contribution in [0.2, 0.25) is 0 Å². The van der Waals surface area contributed by atoms with Crippen molar-refractivity contribution in [2.75, 3.05) is 6.54 Å². The molecule has 7 nitrogen and oxygen atoms in total. The first-order valence-corrected chi connectivity index (χ1v) is 7.45. The molecule has 0 radical (unpaired) electrons. The summed E-state index contributed by atoms with van der Waals surface area (Å²) in [5.74, 6) is 0.865. The summed E-state index contributed by atoms with van der Waals surface area (Å²) in [5.41, 5.74) is -0.00854. The van der Waals surface area contributed by atoms with E-state index in [1.165, 1.54) is 18.2 Å². The smallest absolute Gasteiger partial charge is 0.272 e. The monoisotopic (exact) mass is 332 g/mol. The summed E-state index contributed by atoms with van der Waals surface area (Å²) in [4.78, 5) is 22.6. The zero-order valence-electron chi connectivity index (χ0n) is 14.0. The highest BCUT2D eigenvalue weighted by Crippen LogP contribution is 2.26. The summed E-state index contributed by atoms with van der Waals surface area (Å²) in [6, 6.07) is 5.88. The van der Waals surface area contributed by atoms with E-state index in [4.69, 9.17) is 4.42 Å². The van der Waals surface area contributed by atoms with E-state index in [-0.39, 0.29) is 12.2 Å². The lowest BCUT2D eigenvalue weighted by Gasteiger charge is -2.23. The SMILES string of the molecule is Cc1cc(C(C)(O)CNC(=O)c2ccc([N+](=O)[O-])c(C)c2)c(C)o1. The standard InChI is InChI=1S/C17H20N2O5/c1-10-7-13(5-6-15(10)19(22)23)16(20)18-9-17(4,21)14-8-11(2)24-12(14)3/h5-8,21H,9H2,1-4H3,(H,18,20). The molecule has 1 atom stereocenters. The summed E-state index contributed by atoms with van der Waals surface area (Å²) in [6.45, 7) is 6.68. The van der Waals surface area contributed by atoms with Crippen LogP contribution in [0.15, 0.2) is 28.7 Å². The zero-order chi connectivity index (χ0) is 18.1. The van der Waals surface area contributed by atoms with Gasteiger partial charge in [0.2, 0.25) is 0 Å². The quantitative estimate of drug-likeness (QED) is 0.647. The minimum atomic E-state index is -1.28. The number of carbonyl (C=O) groups excluding carboxylic acids is 1. The number of nitrogens with zero attached hydrogens (tertiary/aromatic N) is 1. The first-order valence-electron chi connectivity index (χ1n) is 7.45. The predicted octanol–water partition coefficient (Wildman–Crippen LogP) is 2.75. The summed E-state index contributed by atoms with van der Waals surface area (Å²) in [6.07, 6.45) is 0. The molecule has 0 aliphatic heterocycles. The largest absolute Gasteiger partial charge is 0.466 e. The van der Waals surface area contributed by atoms with Gasteiger partial charge >= 0.3 is 0 Å². The fourth-order valence-electron chi connectivity index (χ4n) is 2.62. The number of hydrogen-bond acceptors (Lipinski definition) is 5. The van der Waals surface area contributed by atoms with Crippen molar-refractivity contribution in [3.63, 3.8) is 0 Å². The lowest BCUT2D eigenvalue weighted by atomic mass is 9.96. The van der Waals surface area contributed by atoms with Crippen LogP contribution in [-0.4, -0.2) is 22.5 Å². The van der Waals surface area contributed by atoms with Gasteiger partial charge in [-0.25, -0.2) is 0 Å². The van der Waals surface area contributed by atoms with Gasteiger partial charge in [0.25, 0.3) is 11.6 Å². The van der Waals surface area contributed by atoms with E-state index in [2.05, 4.69) is 5.32 Å². The maximum Gasteiger partial charge on any atom is 0.272 e. The molecule has 0 bridgehead atoms. The number of nitro benzene ring substituents is 1. The number of nitrogens with one attached hydrogen (secondary N) is 1. The van der Waals surface area contributed by atoms with Gasteiger partial charge in [0.15, 0.2) is 0 Å². The molecule has 7 heteroatoms. The average molecular weight is 332 g/mol. The third-order valence-corrected chi connectivity index (χ3v) is 3.87. The van der Waals surface area contributed by atoms with Crippen molar-refractivity contribution in [1.82, 2.24) is 5.32 Å². The van der Waals surface area contributed by atoms with Crippen molar-refractivity contribution in [2.45, 2.75) is 33.3 Å². The molecular weight excluding hydrogens is 312 g/mol. The van der Waals surface area contributed by atoms with E-state index in [9.17, 15) is 20.0 Å². The molecule has 2 N–H and O–H groups in total. The molecule has 0 saturated carbocycles. The Kier molecular flexibility index (Phi) is 4.75. The second-order valence-corrected chi connectivity index (χ2v) is 6.04. The molecule has 1 heterocycles. The van der Waals surface area contributed by atoms with Crippen molar-refractivity contribution in [3.8, 4) is 0 Å². The van der Waals surface area contributed by atoms with Gasteiger partial charge in [0, 0.05) is 22.8 Å². The number of rotatable bonds is 5. The number of carbonyl (C=O) groups is 1. The maximum absolute atomic E-state index is 12.2. The van der Waals surface area contributed by atoms with Gasteiger partial charge in [0.1, 0.15) is 17.1 Å². The Labute approximate surface area is 139 Å². The Hall–Kier alpha value is -2.67. The Morgan fingerprint density at radius 1 is 1.33 bits per heavy atom. The van der Waals surface area contributed by atoms with Crippen LogP contribution >= 0.6 is 0 Å². The molecule has 0 spiro atoms.